The van der Waals surface area contributed by atoms with Crippen molar-refractivity contribution in [3.8, 4) is 0 Å². The van der Waals surface area contributed by atoms with E-state index in [1.807, 2.05) is 4.90 Å². The van der Waals surface area contributed by atoms with Crippen molar-refractivity contribution in [3.63, 3.8) is 0 Å². The lowest BCUT2D eigenvalue weighted by atomic mass is 10.0. The van der Waals surface area contributed by atoms with Crippen molar-refractivity contribution in [3.05, 3.63) is 0 Å². The molecule has 2 fully saturated rings. The number of amides is 1. The van der Waals surface area contributed by atoms with Gasteiger partial charge in [0.15, 0.2) is 0 Å². The second kappa shape index (κ2) is 5.17. The topological polar surface area (TPSA) is 32.3 Å². The summed E-state index contributed by atoms with van der Waals surface area (Å²) in [6.45, 7) is 5.83. The average Bonchev–Trinajstić information content (AvgIpc) is 3.10. The van der Waals surface area contributed by atoms with Crippen LogP contribution in [0.4, 0.5) is 0 Å². The maximum absolute atomic E-state index is 11.2. The van der Waals surface area contributed by atoms with Crippen molar-refractivity contribution < 1.29 is 4.79 Å². The van der Waals surface area contributed by atoms with Crippen molar-refractivity contribution in [1.29, 1.82) is 0 Å². The minimum absolute atomic E-state index is 0.229. The van der Waals surface area contributed by atoms with Gasteiger partial charge in [-0.1, -0.05) is 6.92 Å². The van der Waals surface area contributed by atoms with E-state index in [4.69, 9.17) is 0 Å². The number of hydrogen-bond donors (Lipinski definition) is 1. The van der Waals surface area contributed by atoms with Crippen LogP contribution in [0.25, 0.3) is 0 Å². The minimum atomic E-state index is 0.229. The third-order valence-corrected chi connectivity index (χ3v) is 4.02. The molecule has 0 aromatic heterocycles. The second-order valence-corrected chi connectivity index (χ2v) is 5.30. The summed E-state index contributed by atoms with van der Waals surface area (Å²) in [5, 5.41) is 3.79. The van der Waals surface area contributed by atoms with E-state index in [0.29, 0.717) is 6.04 Å². The second-order valence-electron chi connectivity index (χ2n) is 5.30. The first-order valence-corrected chi connectivity index (χ1v) is 6.72. The number of rotatable bonds is 4. The molecule has 1 unspecified atom stereocenters. The molecule has 0 aromatic rings. The number of nitrogens with zero attached hydrogens (tertiary/aromatic N) is 1. The van der Waals surface area contributed by atoms with Gasteiger partial charge < -0.3 is 10.2 Å². The number of nitrogens with one attached hydrogen (secondary N) is 1. The van der Waals surface area contributed by atoms with Gasteiger partial charge in [0.05, 0.1) is 0 Å². The van der Waals surface area contributed by atoms with Crippen LogP contribution in [0.5, 0.6) is 0 Å². The maximum Gasteiger partial charge on any atom is 0.219 e. The molecule has 0 radical (unpaired) electrons. The monoisotopic (exact) mass is 224 g/mol. The molecule has 1 aliphatic carbocycles. The summed E-state index contributed by atoms with van der Waals surface area (Å²) in [7, 11) is 0. The molecule has 1 N–H and O–H groups in total. The Balaban J connectivity index is 1.73. The van der Waals surface area contributed by atoms with Crippen LogP contribution < -0.4 is 5.32 Å². The van der Waals surface area contributed by atoms with E-state index in [-0.39, 0.29) is 5.91 Å². The van der Waals surface area contributed by atoms with E-state index >= 15 is 0 Å². The molecule has 0 bridgehead atoms. The highest BCUT2D eigenvalue weighted by Crippen LogP contribution is 2.34. The Morgan fingerprint density at radius 2 is 1.94 bits per heavy atom. The molecule has 3 heteroatoms. The molecule has 1 aliphatic heterocycles. The first-order chi connectivity index (χ1) is 7.70. The van der Waals surface area contributed by atoms with E-state index in [1.54, 1.807) is 6.92 Å². The summed E-state index contributed by atoms with van der Waals surface area (Å²) in [4.78, 5) is 13.2. The Kier molecular flexibility index (Phi) is 3.85. The third kappa shape index (κ3) is 2.97. The molecule has 2 aliphatic rings. The highest BCUT2D eigenvalue weighted by atomic mass is 16.2. The van der Waals surface area contributed by atoms with Gasteiger partial charge >= 0.3 is 0 Å². The van der Waals surface area contributed by atoms with Gasteiger partial charge in [-0.3, -0.25) is 4.79 Å². The normalized spacial score (nSPS) is 24.5. The molecule has 1 saturated heterocycles. The Bertz CT molecular complexity index is 242. The Morgan fingerprint density at radius 3 is 2.38 bits per heavy atom. The van der Waals surface area contributed by atoms with E-state index in [0.717, 1.165) is 37.9 Å². The van der Waals surface area contributed by atoms with Crippen LogP contribution >= 0.6 is 0 Å². The van der Waals surface area contributed by atoms with Gasteiger partial charge in [-0.25, -0.2) is 0 Å². The van der Waals surface area contributed by atoms with Crippen LogP contribution in [-0.2, 0) is 4.79 Å². The van der Waals surface area contributed by atoms with Crippen LogP contribution in [0.2, 0.25) is 0 Å². The smallest absolute Gasteiger partial charge is 0.219 e. The number of likely N-dealkylation sites (tertiary alicyclic amines) is 1. The molecule has 1 atom stereocenters. The highest BCUT2D eigenvalue weighted by Gasteiger charge is 2.32. The van der Waals surface area contributed by atoms with E-state index in [2.05, 4.69) is 12.2 Å². The van der Waals surface area contributed by atoms with Crippen molar-refractivity contribution in [1.82, 2.24) is 10.2 Å². The summed E-state index contributed by atoms with van der Waals surface area (Å²) < 4.78 is 0. The number of hydrogen-bond acceptors (Lipinski definition) is 2. The Hall–Kier alpha value is -0.570. The quantitative estimate of drug-likeness (QED) is 0.789. The van der Waals surface area contributed by atoms with Crippen molar-refractivity contribution in [2.45, 2.75) is 58.0 Å². The van der Waals surface area contributed by atoms with Crippen LogP contribution in [0.1, 0.15) is 46.0 Å². The highest BCUT2D eigenvalue weighted by molar-refractivity contribution is 5.73. The molecule has 2 rings (SSSR count). The third-order valence-electron chi connectivity index (χ3n) is 4.02. The average molecular weight is 224 g/mol. The fourth-order valence-electron chi connectivity index (χ4n) is 2.75. The van der Waals surface area contributed by atoms with Gasteiger partial charge in [0, 0.05) is 32.1 Å². The van der Waals surface area contributed by atoms with Gasteiger partial charge in [0.2, 0.25) is 5.91 Å². The number of piperidine rings is 1. The fourth-order valence-corrected chi connectivity index (χ4v) is 2.75. The summed E-state index contributed by atoms with van der Waals surface area (Å²) >= 11 is 0. The first kappa shape index (κ1) is 11.9. The van der Waals surface area contributed by atoms with E-state index in [9.17, 15) is 4.79 Å². The largest absolute Gasteiger partial charge is 0.343 e. The summed E-state index contributed by atoms with van der Waals surface area (Å²) in [5.41, 5.74) is 0. The van der Waals surface area contributed by atoms with E-state index < -0.39 is 0 Å². The van der Waals surface area contributed by atoms with Gasteiger partial charge in [0.25, 0.3) is 0 Å². The molecular formula is C13H24N2O. The summed E-state index contributed by atoms with van der Waals surface area (Å²) in [6.07, 6.45) is 6.33. The van der Waals surface area contributed by atoms with E-state index in [1.165, 1.54) is 19.3 Å². The molecule has 16 heavy (non-hydrogen) atoms. The lowest BCUT2D eigenvalue weighted by Gasteiger charge is -2.34. The minimum Gasteiger partial charge on any atom is -0.343 e. The first-order valence-electron chi connectivity index (χ1n) is 6.72. The standard InChI is InChI=1S/C13H24N2O/c1-3-13(11-4-5-11)14-12-6-8-15(9-7-12)10(2)16/h11-14H,3-9H2,1-2H3. The molecule has 3 nitrogen and oxygen atoms in total. The summed E-state index contributed by atoms with van der Waals surface area (Å²) in [5.74, 6) is 1.17. The molecule has 1 heterocycles. The van der Waals surface area contributed by atoms with Gasteiger partial charge in [0.1, 0.15) is 0 Å². The van der Waals surface area contributed by atoms with Gasteiger partial charge in [-0.2, -0.15) is 0 Å². The molecule has 92 valence electrons. The SMILES string of the molecule is CCC(NC1CCN(C(C)=O)CC1)C1CC1. The van der Waals surface area contributed by atoms with Crippen molar-refractivity contribution in [2.24, 2.45) is 5.92 Å². The zero-order valence-electron chi connectivity index (χ0n) is 10.5. The molecule has 1 saturated carbocycles. The molecule has 1 amide bonds. The van der Waals surface area contributed by atoms with Crippen molar-refractivity contribution in [2.75, 3.05) is 13.1 Å². The van der Waals surface area contributed by atoms with Crippen molar-refractivity contribution >= 4 is 5.91 Å². The molecular weight excluding hydrogens is 200 g/mol. The zero-order chi connectivity index (χ0) is 11.5. The Labute approximate surface area is 98.6 Å². The lowest BCUT2D eigenvalue weighted by Crippen LogP contribution is -2.47. The number of carbonyl (C=O) groups excluding carboxylic acids is 1. The lowest BCUT2D eigenvalue weighted by molar-refractivity contribution is -0.129. The predicted octanol–water partition coefficient (Wildman–Crippen LogP) is 1.78. The van der Waals surface area contributed by atoms with Crippen LogP contribution in [0.3, 0.4) is 0 Å². The molecule has 0 spiro atoms. The predicted molar refractivity (Wildman–Crippen MR) is 65.2 cm³/mol. The number of carbonyl (C=O) groups is 1. The fraction of sp³-hybridized carbons (Fsp3) is 0.923. The maximum atomic E-state index is 11.2. The van der Waals surface area contributed by atoms with Crippen LogP contribution in [0, 0.1) is 5.92 Å². The zero-order valence-corrected chi connectivity index (χ0v) is 10.5. The van der Waals surface area contributed by atoms with Gasteiger partial charge in [-0.05, 0) is 38.0 Å². The Morgan fingerprint density at radius 1 is 1.31 bits per heavy atom. The van der Waals surface area contributed by atoms with Crippen LogP contribution in [0.15, 0.2) is 0 Å². The van der Waals surface area contributed by atoms with Crippen LogP contribution in [-0.4, -0.2) is 36.0 Å². The molecule has 0 aromatic carbocycles. The summed E-state index contributed by atoms with van der Waals surface area (Å²) in [6, 6.07) is 1.37. The van der Waals surface area contributed by atoms with Gasteiger partial charge in [-0.15, -0.1) is 0 Å².